The normalized spacial score (nSPS) is 16.6. The molecular formula is C13H13N3O3S. The van der Waals surface area contributed by atoms with Crippen LogP contribution in [0.2, 0.25) is 0 Å². The van der Waals surface area contributed by atoms with Gasteiger partial charge in [0.15, 0.2) is 5.11 Å². The second-order valence-corrected chi connectivity index (χ2v) is 4.68. The minimum absolute atomic E-state index is 0.0148. The zero-order valence-corrected chi connectivity index (χ0v) is 11.6. The number of carbonyl (C=O) groups is 1. The highest BCUT2D eigenvalue weighted by Crippen LogP contribution is 2.17. The highest BCUT2D eigenvalue weighted by molar-refractivity contribution is 7.80. The van der Waals surface area contributed by atoms with E-state index in [1.165, 1.54) is 17.0 Å². The number of rotatable bonds is 4. The molecule has 2 rings (SSSR count). The number of nitrogens with zero attached hydrogens (tertiary/aromatic N) is 2. The molecule has 0 aliphatic carbocycles. The minimum atomic E-state index is -0.464. The number of nitro benzene ring substituents is 1. The number of hydrogen-bond donors (Lipinski definition) is 1. The van der Waals surface area contributed by atoms with Gasteiger partial charge in [0.05, 0.1) is 4.92 Å². The van der Waals surface area contributed by atoms with Crippen LogP contribution in [0, 0.1) is 10.1 Å². The van der Waals surface area contributed by atoms with Gasteiger partial charge in [0.2, 0.25) is 0 Å². The van der Waals surface area contributed by atoms with Gasteiger partial charge in [-0.05, 0) is 42.4 Å². The molecule has 1 fully saturated rings. The third-order valence-electron chi connectivity index (χ3n) is 2.82. The number of non-ortho nitro benzene ring substituents is 1. The third kappa shape index (κ3) is 2.83. The van der Waals surface area contributed by atoms with E-state index in [2.05, 4.69) is 5.32 Å². The molecule has 0 unspecified atom stereocenters. The van der Waals surface area contributed by atoms with E-state index in [-0.39, 0.29) is 11.6 Å². The lowest BCUT2D eigenvalue weighted by atomic mass is 10.1. The minimum Gasteiger partial charge on any atom is -0.328 e. The maximum absolute atomic E-state index is 12.1. The van der Waals surface area contributed by atoms with Crippen molar-refractivity contribution in [3.63, 3.8) is 0 Å². The van der Waals surface area contributed by atoms with Crippen LogP contribution in [0.4, 0.5) is 5.69 Å². The van der Waals surface area contributed by atoms with Crippen LogP contribution in [0.25, 0.3) is 6.08 Å². The summed E-state index contributed by atoms with van der Waals surface area (Å²) in [5.41, 5.74) is 1.10. The SMILES string of the molecule is CCCN1C(=O)/C(=C\c2ccc([N+](=O)[O-])cc2)NC1=S. The Morgan fingerprint density at radius 2 is 2.05 bits per heavy atom. The van der Waals surface area contributed by atoms with Gasteiger partial charge >= 0.3 is 0 Å². The van der Waals surface area contributed by atoms with Crippen molar-refractivity contribution >= 4 is 35.0 Å². The van der Waals surface area contributed by atoms with E-state index >= 15 is 0 Å². The molecule has 1 aliphatic heterocycles. The molecular weight excluding hydrogens is 278 g/mol. The lowest BCUT2D eigenvalue weighted by Crippen LogP contribution is -2.31. The van der Waals surface area contributed by atoms with Crippen molar-refractivity contribution in [3.05, 3.63) is 45.6 Å². The zero-order chi connectivity index (χ0) is 14.7. The van der Waals surface area contributed by atoms with Crippen LogP contribution in [0.3, 0.4) is 0 Å². The molecule has 0 saturated carbocycles. The van der Waals surface area contributed by atoms with Crippen molar-refractivity contribution in [2.24, 2.45) is 0 Å². The van der Waals surface area contributed by atoms with Gasteiger partial charge in [-0.25, -0.2) is 0 Å². The molecule has 0 radical (unpaired) electrons. The first-order chi connectivity index (χ1) is 9.52. The van der Waals surface area contributed by atoms with E-state index in [0.29, 0.717) is 22.9 Å². The van der Waals surface area contributed by atoms with E-state index in [1.54, 1.807) is 18.2 Å². The summed E-state index contributed by atoms with van der Waals surface area (Å²) in [5, 5.41) is 13.8. The summed E-state index contributed by atoms with van der Waals surface area (Å²) in [6, 6.07) is 5.97. The van der Waals surface area contributed by atoms with Crippen LogP contribution in [0.15, 0.2) is 30.0 Å². The molecule has 1 aromatic rings. The van der Waals surface area contributed by atoms with Crippen LogP contribution >= 0.6 is 12.2 Å². The highest BCUT2D eigenvalue weighted by Gasteiger charge is 2.29. The van der Waals surface area contributed by atoms with Gasteiger partial charge in [0.1, 0.15) is 5.70 Å². The van der Waals surface area contributed by atoms with Gasteiger partial charge in [-0.3, -0.25) is 19.8 Å². The number of carbonyl (C=O) groups excluding carboxylic acids is 1. The first-order valence-corrected chi connectivity index (χ1v) is 6.52. The Morgan fingerprint density at radius 3 is 2.60 bits per heavy atom. The fraction of sp³-hybridized carbons (Fsp3) is 0.231. The second-order valence-electron chi connectivity index (χ2n) is 4.29. The van der Waals surface area contributed by atoms with Gasteiger partial charge in [-0.2, -0.15) is 0 Å². The van der Waals surface area contributed by atoms with E-state index < -0.39 is 4.92 Å². The van der Waals surface area contributed by atoms with E-state index in [4.69, 9.17) is 12.2 Å². The van der Waals surface area contributed by atoms with Gasteiger partial charge in [-0.15, -0.1) is 0 Å². The summed E-state index contributed by atoms with van der Waals surface area (Å²) in [7, 11) is 0. The van der Waals surface area contributed by atoms with E-state index in [1.807, 2.05) is 6.92 Å². The largest absolute Gasteiger partial charge is 0.328 e. The Balaban J connectivity index is 2.21. The predicted octanol–water partition coefficient (Wildman–Crippen LogP) is 2.06. The van der Waals surface area contributed by atoms with E-state index in [9.17, 15) is 14.9 Å². The molecule has 1 amide bonds. The van der Waals surface area contributed by atoms with Crippen molar-refractivity contribution in [2.75, 3.05) is 6.54 Å². The lowest BCUT2D eigenvalue weighted by Gasteiger charge is -2.11. The Morgan fingerprint density at radius 1 is 1.40 bits per heavy atom. The second kappa shape index (κ2) is 5.79. The van der Waals surface area contributed by atoms with Gasteiger partial charge in [0.25, 0.3) is 11.6 Å². The van der Waals surface area contributed by atoms with Crippen molar-refractivity contribution in [1.29, 1.82) is 0 Å². The monoisotopic (exact) mass is 291 g/mol. The molecule has 104 valence electrons. The smallest absolute Gasteiger partial charge is 0.276 e. The molecule has 1 aromatic carbocycles. The van der Waals surface area contributed by atoms with E-state index in [0.717, 1.165) is 6.42 Å². The quantitative estimate of drug-likeness (QED) is 0.398. The first kappa shape index (κ1) is 14.1. The van der Waals surface area contributed by atoms with Crippen molar-refractivity contribution in [1.82, 2.24) is 10.2 Å². The Kier molecular flexibility index (Phi) is 4.09. The number of nitro groups is 1. The van der Waals surface area contributed by atoms with Crippen LogP contribution in [0.1, 0.15) is 18.9 Å². The summed E-state index contributed by atoms with van der Waals surface area (Å²) in [4.78, 5) is 23.7. The molecule has 0 spiro atoms. The summed E-state index contributed by atoms with van der Waals surface area (Å²) in [5.74, 6) is -0.171. The molecule has 0 bridgehead atoms. The van der Waals surface area contributed by atoms with Crippen LogP contribution in [-0.4, -0.2) is 27.4 Å². The number of hydrogen-bond acceptors (Lipinski definition) is 4. The molecule has 0 aromatic heterocycles. The summed E-state index contributed by atoms with van der Waals surface area (Å²) in [6.45, 7) is 2.54. The summed E-state index contributed by atoms with van der Waals surface area (Å²) >= 11 is 5.10. The maximum atomic E-state index is 12.1. The van der Waals surface area contributed by atoms with Gasteiger partial charge < -0.3 is 5.32 Å². The zero-order valence-electron chi connectivity index (χ0n) is 10.8. The molecule has 1 N–H and O–H groups in total. The molecule has 1 aliphatic rings. The van der Waals surface area contributed by atoms with Crippen LogP contribution < -0.4 is 5.32 Å². The average Bonchev–Trinajstić information content (AvgIpc) is 2.67. The van der Waals surface area contributed by atoms with Crippen molar-refractivity contribution < 1.29 is 9.72 Å². The third-order valence-corrected chi connectivity index (χ3v) is 3.15. The molecule has 1 heterocycles. The standard InChI is InChI=1S/C13H13N3O3S/c1-2-7-15-12(17)11(14-13(15)20)8-9-3-5-10(6-4-9)16(18)19/h3-6,8H,2,7H2,1H3,(H,14,20)/b11-8+. The fourth-order valence-electron chi connectivity index (χ4n) is 1.86. The number of thiocarbonyl (C=S) groups is 1. The molecule has 20 heavy (non-hydrogen) atoms. The summed E-state index contributed by atoms with van der Waals surface area (Å²) in [6.07, 6.45) is 2.45. The summed E-state index contributed by atoms with van der Waals surface area (Å²) < 4.78 is 0. The van der Waals surface area contributed by atoms with Gasteiger partial charge in [0, 0.05) is 18.7 Å². The van der Waals surface area contributed by atoms with Gasteiger partial charge in [-0.1, -0.05) is 6.92 Å². The number of nitrogens with one attached hydrogen (secondary N) is 1. The topological polar surface area (TPSA) is 75.5 Å². The van der Waals surface area contributed by atoms with Crippen LogP contribution in [0.5, 0.6) is 0 Å². The Hall–Kier alpha value is -2.28. The first-order valence-electron chi connectivity index (χ1n) is 6.12. The molecule has 1 saturated heterocycles. The Labute approximate surface area is 121 Å². The lowest BCUT2D eigenvalue weighted by molar-refractivity contribution is -0.384. The van der Waals surface area contributed by atoms with Crippen molar-refractivity contribution in [2.45, 2.75) is 13.3 Å². The molecule has 0 atom stereocenters. The average molecular weight is 291 g/mol. The fourth-order valence-corrected chi connectivity index (χ4v) is 2.14. The van der Waals surface area contributed by atoms with Crippen LogP contribution in [-0.2, 0) is 4.79 Å². The van der Waals surface area contributed by atoms with Crippen molar-refractivity contribution in [3.8, 4) is 0 Å². The number of benzene rings is 1. The maximum Gasteiger partial charge on any atom is 0.276 e. The highest BCUT2D eigenvalue weighted by atomic mass is 32.1. The predicted molar refractivity (Wildman–Crippen MR) is 78.8 cm³/mol. The number of amides is 1. The molecule has 6 nitrogen and oxygen atoms in total. The molecule has 7 heteroatoms. The Bertz CT molecular complexity index is 595.